The fraction of sp³-hybridized carbons (Fsp3) is 1.00. The summed E-state index contributed by atoms with van der Waals surface area (Å²) in [7, 11) is 0. The lowest BCUT2D eigenvalue weighted by Gasteiger charge is -2.36. The highest BCUT2D eigenvalue weighted by Crippen LogP contribution is 2.24. The van der Waals surface area contributed by atoms with E-state index in [9.17, 15) is 15.3 Å². The van der Waals surface area contributed by atoms with Crippen LogP contribution in [-0.4, -0.2) is 43.8 Å². The van der Waals surface area contributed by atoms with Gasteiger partial charge in [0.05, 0.1) is 6.10 Å². The number of rotatable bonds is 0. The Hall–Kier alpha value is 0.570. The molecule has 2 unspecified atom stereocenters. The summed E-state index contributed by atoms with van der Waals surface area (Å²) >= 11 is 1.88. The van der Waals surface area contributed by atoms with E-state index in [0.29, 0.717) is 0 Å². The van der Waals surface area contributed by atoms with Gasteiger partial charge in [0.25, 0.3) is 0 Å². The molecule has 3 N–H and O–H groups in total. The lowest BCUT2D eigenvalue weighted by atomic mass is 10.0. The van der Waals surface area contributed by atoms with Crippen LogP contribution in [0, 0.1) is 0 Å². The van der Waals surface area contributed by atoms with Gasteiger partial charge in [-0.15, -0.1) is 0 Å². The minimum atomic E-state index is -1.10. The molecule has 0 saturated carbocycles. The van der Waals surface area contributed by atoms with Gasteiger partial charge < -0.3 is 20.1 Å². The molecular formula is C6H11IO4. The Morgan fingerprint density at radius 3 is 2.18 bits per heavy atom. The number of hydrogen-bond donors (Lipinski definition) is 3. The van der Waals surface area contributed by atoms with Crippen molar-refractivity contribution in [1.82, 2.24) is 0 Å². The zero-order chi connectivity index (χ0) is 8.59. The van der Waals surface area contributed by atoms with E-state index in [0.717, 1.165) is 0 Å². The first-order valence-corrected chi connectivity index (χ1v) is 4.62. The van der Waals surface area contributed by atoms with Crippen LogP contribution in [-0.2, 0) is 4.74 Å². The number of halogens is 1. The van der Waals surface area contributed by atoms with E-state index in [1.807, 2.05) is 22.6 Å². The number of aliphatic hydroxyl groups excluding tert-OH is 3. The Morgan fingerprint density at radius 2 is 1.64 bits per heavy atom. The molecule has 11 heavy (non-hydrogen) atoms. The first-order valence-electron chi connectivity index (χ1n) is 3.37. The minimum absolute atomic E-state index is 0.421. The van der Waals surface area contributed by atoms with Gasteiger partial charge in [0, 0.05) is 0 Å². The maximum Gasteiger partial charge on any atom is 0.137 e. The Labute approximate surface area is 78.3 Å². The average molecular weight is 274 g/mol. The standard InChI is InChI=1S/C6H11IO4/c1-2-3(8)4(9)5(10)6(7)11-2/h2-6,8-10H,1H3/t2?,3-,4?,5+,6-/m1/s1. The highest BCUT2D eigenvalue weighted by molar-refractivity contribution is 14.1. The fourth-order valence-electron chi connectivity index (χ4n) is 1.00. The Morgan fingerprint density at radius 1 is 1.09 bits per heavy atom. The molecule has 0 spiro atoms. The van der Waals surface area contributed by atoms with E-state index in [2.05, 4.69) is 0 Å². The molecule has 1 saturated heterocycles. The maximum absolute atomic E-state index is 9.20. The van der Waals surface area contributed by atoms with Crippen molar-refractivity contribution in [1.29, 1.82) is 0 Å². The van der Waals surface area contributed by atoms with Crippen LogP contribution in [0.15, 0.2) is 0 Å². The van der Waals surface area contributed by atoms with Crippen molar-refractivity contribution in [3.05, 3.63) is 0 Å². The van der Waals surface area contributed by atoms with Crippen molar-refractivity contribution < 1.29 is 20.1 Å². The van der Waals surface area contributed by atoms with Gasteiger partial charge in [-0.3, -0.25) is 0 Å². The van der Waals surface area contributed by atoms with Crippen LogP contribution in [0.5, 0.6) is 0 Å². The average Bonchev–Trinajstić information content (AvgIpc) is 1.97. The van der Waals surface area contributed by atoms with Crippen molar-refractivity contribution >= 4 is 22.6 Å². The summed E-state index contributed by atoms with van der Waals surface area (Å²) in [6.07, 6.45) is -3.51. The third-order valence-electron chi connectivity index (χ3n) is 1.79. The highest BCUT2D eigenvalue weighted by atomic mass is 127. The lowest BCUT2D eigenvalue weighted by molar-refractivity contribution is -0.187. The van der Waals surface area contributed by atoms with Gasteiger partial charge in [-0.1, -0.05) is 0 Å². The first kappa shape index (κ1) is 9.66. The van der Waals surface area contributed by atoms with Crippen LogP contribution in [0.4, 0.5) is 0 Å². The molecule has 0 aliphatic carbocycles. The molecule has 66 valence electrons. The third-order valence-corrected chi connectivity index (χ3v) is 2.82. The predicted molar refractivity (Wildman–Crippen MR) is 46.4 cm³/mol. The van der Waals surface area contributed by atoms with Crippen LogP contribution in [0.1, 0.15) is 6.92 Å². The summed E-state index contributed by atoms with van der Waals surface area (Å²) in [5.41, 5.74) is 0. The third kappa shape index (κ3) is 1.83. The number of alkyl halides is 1. The molecule has 5 atom stereocenters. The maximum atomic E-state index is 9.20. The molecule has 0 bridgehead atoms. The zero-order valence-electron chi connectivity index (χ0n) is 6.01. The van der Waals surface area contributed by atoms with Crippen molar-refractivity contribution in [2.24, 2.45) is 0 Å². The van der Waals surface area contributed by atoms with E-state index < -0.39 is 28.5 Å². The van der Waals surface area contributed by atoms with Crippen molar-refractivity contribution in [2.45, 2.75) is 35.5 Å². The quantitative estimate of drug-likeness (QED) is 0.401. The van der Waals surface area contributed by atoms with Gasteiger partial charge in [-0.25, -0.2) is 0 Å². The zero-order valence-corrected chi connectivity index (χ0v) is 8.17. The molecule has 1 aliphatic rings. The molecule has 1 aliphatic heterocycles. The second kappa shape index (κ2) is 3.53. The molecule has 0 aromatic heterocycles. The van der Waals surface area contributed by atoms with Gasteiger partial charge in [-0.05, 0) is 29.5 Å². The first-order chi connectivity index (χ1) is 5.04. The highest BCUT2D eigenvalue weighted by Gasteiger charge is 2.40. The van der Waals surface area contributed by atoms with Crippen LogP contribution in [0.25, 0.3) is 0 Å². The van der Waals surface area contributed by atoms with Gasteiger partial charge in [0.15, 0.2) is 0 Å². The molecule has 0 aromatic carbocycles. The van der Waals surface area contributed by atoms with Crippen LogP contribution in [0.2, 0.25) is 0 Å². The Balaban J connectivity index is 2.63. The topological polar surface area (TPSA) is 69.9 Å². The lowest BCUT2D eigenvalue weighted by Crippen LogP contribution is -2.54. The number of ether oxygens (including phenoxy) is 1. The molecule has 1 heterocycles. The van der Waals surface area contributed by atoms with E-state index in [4.69, 9.17) is 4.74 Å². The van der Waals surface area contributed by atoms with Gasteiger partial charge in [-0.2, -0.15) is 0 Å². The summed E-state index contributed by atoms with van der Waals surface area (Å²) in [5, 5.41) is 27.6. The fourth-order valence-corrected chi connectivity index (χ4v) is 1.89. The van der Waals surface area contributed by atoms with E-state index in [-0.39, 0.29) is 0 Å². The molecule has 5 heteroatoms. The molecule has 0 radical (unpaired) electrons. The van der Waals surface area contributed by atoms with Crippen molar-refractivity contribution in [2.75, 3.05) is 0 Å². The molecule has 0 amide bonds. The Bertz CT molecular complexity index is 129. The van der Waals surface area contributed by atoms with Crippen molar-refractivity contribution in [3.63, 3.8) is 0 Å². The second-order valence-electron chi connectivity index (χ2n) is 2.66. The molecular weight excluding hydrogens is 263 g/mol. The van der Waals surface area contributed by atoms with Crippen molar-refractivity contribution in [3.8, 4) is 0 Å². The summed E-state index contributed by atoms with van der Waals surface area (Å²) in [6.45, 7) is 1.66. The number of hydrogen-bond acceptors (Lipinski definition) is 4. The van der Waals surface area contributed by atoms with Crippen LogP contribution >= 0.6 is 22.6 Å². The van der Waals surface area contributed by atoms with Gasteiger partial charge >= 0.3 is 0 Å². The van der Waals surface area contributed by atoms with E-state index in [1.165, 1.54) is 0 Å². The summed E-state index contributed by atoms with van der Waals surface area (Å²) in [4.78, 5) is 0. The molecule has 1 rings (SSSR count). The SMILES string of the molecule is CC1O[C@@H](I)[C@@H](O)C(O)[C@@H]1O. The predicted octanol–water partition coefficient (Wildman–Crippen LogP) is -0.751. The van der Waals surface area contributed by atoms with Crippen LogP contribution in [0.3, 0.4) is 0 Å². The second-order valence-corrected chi connectivity index (χ2v) is 3.89. The normalized spacial score (nSPS) is 52.6. The monoisotopic (exact) mass is 274 g/mol. The smallest absolute Gasteiger partial charge is 0.137 e. The summed E-state index contributed by atoms with van der Waals surface area (Å²) in [5.74, 6) is 0. The molecule has 0 aromatic rings. The largest absolute Gasteiger partial charge is 0.388 e. The Kier molecular flexibility index (Phi) is 3.10. The molecule has 4 nitrogen and oxygen atoms in total. The summed E-state index contributed by atoms with van der Waals surface area (Å²) in [6, 6.07) is 0. The van der Waals surface area contributed by atoms with Gasteiger partial charge in [0.1, 0.15) is 22.4 Å². The summed E-state index contributed by atoms with van der Waals surface area (Å²) < 4.78 is 4.66. The van der Waals surface area contributed by atoms with E-state index >= 15 is 0 Å². The van der Waals surface area contributed by atoms with Gasteiger partial charge in [0.2, 0.25) is 0 Å². The van der Waals surface area contributed by atoms with Crippen LogP contribution < -0.4 is 0 Å². The van der Waals surface area contributed by atoms with E-state index in [1.54, 1.807) is 6.92 Å². The molecule has 1 fully saturated rings. The minimum Gasteiger partial charge on any atom is -0.388 e. The number of aliphatic hydroxyl groups is 3.